The van der Waals surface area contributed by atoms with E-state index in [4.69, 9.17) is 22.1 Å². The molecule has 7 heteroatoms. The lowest BCUT2D eigenvalue weighted by atomic mass is 9.96. The Balaban J connectivity index is 1.46. The smallest absolute Gasteiger partial charge is 0.242 e. The van der Waals surface area contributed by atoms with Gasteiger partial charge in [0.2, 0.25) is 11.8 Å². The van der Waals surface area contributed by atoms with E-state index in [-0.39, 0.29) is 11.8 Å². The van der Waals surface area contributed by atoms with Crippen molar-refractivity contribution in [3.63, 3.8) is 0 Å². The van der Waals surface area contributed by atoms with Gasteiger partial charge in [0.25, 0.3) is 0 Å². The molecule has 37 heavy (non-hydrogen) atoms. The Bertz CT molecular complexity index is 1160. The lowest BCUT2D eigenvalue weighted by Gasteiger charge is -2.19. The van der Waals surface area contributed by atoms with Gasteiger partial charge in [0.15, 0.2) is 0 Å². The van der Waals surface area contributed by atoms with Gasteiger partial charge in [-0.05, 0) is 92.1 Å². The van der Waals surface area contributed by atoms with E-state index in [9.17, 15) is 9.59 Å². The van der Waals surface area contributed by atoms with Crippen LogP contribution in [0.2, 0.25) is 5.02 Å². The van der Waals surface area contributed by atoms with Crippen molar-refractivity contribution < 1.29 is 14.3 Å². The molecule has 0 aromatic heterocycles. The summed E-state index contributed by atoms with van der Waals surface area (Å²) < 4.78 is 5.95. The summed E-state index contributed by atoms with van der Waals surface area (Å²) in [5, 5.41) is 6.31. The van der Waals surface area contributed by atoms with Crippen molar-refractivity contribution >= 4 is 23.4 Å². The molecule has 2 atom stereocenters. The second-order valence-corrected chi connectivity index (χ2v) is 9.81. The topological polar surface area (TPSA) is 93.4 Å². The van der Waals surface area contributed by atoms with Crippen molar-refractivity contribution in [3.05, 3.63) is 99.6 Å². The molecule has 0 bridgehead atoms. The molecule has 2 amide bonds. The van der Waals surface area contributed by atoms with Crippen molar-refractivity contribution in [1.29, 1.82) is 0 Å². The molecular formula is C30H36ClN3O3. The minimum atomic E-state index is -0.772. The number of hydrogen-bond acceptors (Lipinski definition) is 4. The van der Waals surface area contributed by atoms with Crippen molar-refractivity contribution in [1.82, 2.24) is 10.6 Å². The van der Waals surface area contributed by atoms with Crippen molar-refractivity contribution in [2.75, 3.05) is 6.54 Å². The Morgan fingerprint density at radius 1 is 0.946 bits per heavy atom. The van der Waals surface area contributed by atoms with Gasteiger partial charge >= 0.3 is 0 Å². The number of benzene rings is 3. The van der Waals surface area contributed by atoms with E-state index < -0.39 is 12.1 Å². The fraction of sp³-hybridized carbons (Fsp3) is 0.333. The van der Waals surface area contributed by atoms with Crippen LogP contribution in [-0.4, -0.2) is 30.4 Å². The average Bonchev–Trinajstić information content (AvgIpc) is 2.88. The lowest BCUT2D eigenvalue weighted by molar-refractivity contribution is -0.129. The molecule has 0 fully saturated rings. The quantitative estimate of drug-likeness (QED) is 0.302. The third-order valence-electron chi connectivity index (χ3n) is 6.29. The first-order valence-corrected chi connectivity index (χ1v) is 13.0. The summed E-state index contributed by atoms with van der Waals surface area (Å²) in [6, 6.07) is 20.1. The monoisotopic (exact) mass is 521 g/mol. The highest BCUT2D eigenvalue weighted by Gasteiger charge is 2.21. The number of nitrogens with two attached hydrogens (primary N) is 1. The highest BCUT2D eigenvalue weighted by Crippen LogP contribution is 2.24. The molecule has 0 radical (unpaired) electrons. The Labute approximate surface area is 224 Å². The van der Waals surface area contributed by atoms with Crippen LogP contribution >= 0.6 is 11.6 Å². The number of ether oxygens (including phenoxy) is 1. The molecule has 3 aromatic carbocycles. The van der Waals surface area contributed by atoms with Gasteiger partial charge in [0.05, 0.1) is 6.04 Å². The fourth-order valence-corrected chi connectivity index (χ4v) is 4.23. The molecule has 196 valence electrons. The lowest BCUT2D eigenvalue weighted by Crippen LogP contribution is -2.51. The van der Waals surface area contributed by atoms with Crippen LogP contribution in [0.4, 0.5) is 0 Å². The Morgan fingerprint density at radius 3 is 2.24 bits per heavy atom. The van der Waals surface area contributed by atoms with Crippen molar-refractivity contribution in [2.24, 2.45) is 5.73 Å². The summed E-state index contributed by atoms with van der Waals surface area (Å²) in [4.78, 5) is 25.1. The van der Waals surface area contributed by atoms with Crippen LogP contribution in [0, 0.1) is 13.8 Å². The van der Waals surface area contributed by atoms with Gasteiger partial charge < -0.3 is 21.1 Å². The summed E-state index contributed by atoms with van der Waals surface area (Å²) >= 11 is 5.94. The Morgan fingerprint density at radius 2 is 1.59 bits per heavy atom. The van der Waals surface area contributed by atoms with E-state index >= 15 is 0 Å². The molecule has 0 saturated carbocycles. The first-order valence-electron chi connectivity index (χ1n) is 12.6. The molecule has 0 aliphatic carbocycles. The molecular weight excluding hydrogens is 486 g/mol. The molecule has 0 aliphatic rings. The van der Waals surface area contributed by atoms with Gasteiger partial charge in [-0.15, -0.1) is 0 Å². The molecule has 0 saturated heterocycles. The fourth-order valence-electron chi connectivity index (χ4n) is 4.11. The maximum absolute atomic E-state index is 12.7. The van der Waals surface area contributed by atoms with Gasteiger partial charge in [0.1, 0.15) is 18.4 Å². The van der Waals surface area contributed by atoms with Crippen LogP contribution in [0.3, 0.4) is 0 Å². The normalized spacial score (nSPS) is 12.5. The number of carbonyl (C=O) groups excluding carboxylic acids is 2. The zero-order chi connectivity index (χ0) is 26.8. The molecule has 4 N–H and O–H groups in total. The number of carbonyl (C=O) groups is 2. The van der Waals surface area contributed by atoms with Gasteiger partial charge in [-0.25, -0.2) is 0 Å². The zero-order valence-electron chi connectivity index (χ0n) is 21.7. The van der Waals surface area contributed by atoms with Crippen molar-refractivity contribution in [3.8, 4) is 5.75 Å². The molecule has 3 rings (SSSR count). The number of rotatable bonds is 12. The number of hydrogen-bond donors (Lipinski definition) is 3. The number of amides is 2. The number of nitrogens with one attached hydrogen (secondary N) is 2. The SMILES string of the molecule is Cc1cc(OCc2ccc(Cl)cc2)cc(C)c1C[C@H](N)C(=O)N[C@H](C)C(=O)NCCCc1ccccc1. The molecule has 3 aromatic rings. The minimum absolute atomic E-state index is 0.219. The van der Waals surface area contributed by atoms with Gasteiger partial charge in [-0.2, -0.15) is 0 Å². The third kappa shape index (κ3) is 8.92. The number of halogens is 1. The molecule has 0 spiro atoms. The Kier molecular flexibility index (Phi) is 10.5. The predicted octanol–water partition coefficient (Wildman–Crippen LogP) is 4.66. The van der Waals surface area contributed by atoms with E-state index in [0.717, 1.165) is 40.8 Å². The van der Waals surface area contributed by atoms with Crippen molar-refractivity contribution in [2.45, 2.75) is 58.7 Å². The highest BCUT2D eigenvalue weighted by atomic mass is 35.5. The summed E-state index contributed by atoms with van der Waals surface area (Å²) in [6.45, 7) is 6.61. The first kappa shape index (κ1) is 28.2. The molecule has 0 unspecified atom stereocenters. The van der Waals surface area contributed by atoms with E-state index in [0.29, 0.717) is 24.6 Å². The van der Waals surface area contributed by atoms with E-state index in [1.807, 2.05) is 68.4 Å². The first-order chi connectivity index (χ1) is 17.7. The van der Waals surface area contributed by atoms with Gasteiger partial charge in [-0.3, -0.25) is 9.59 Å². The Hall–Kier alpha value is -3.35. The van der Waals surface area contributed by atoms with Crippen LogP contribution in [0.25, 0.3) is 0 Å². The molecule has 6 nitrogen and oxygen atoms in total. The van der Waals surface area contributed by atoms with Crippen LogP contribution in [-0.2, 0) is 29.0 Å². The van der Waals surface area contributed by atoms with Crippen LogP contribution in [0.1, 0.15) is 41.2 Å². The van der Waals surface area contributed by atoms with E-state index in [2.05, 4.69) is 22.8 Å². The number of aryl methyl sites for hydroxylation is 3. The van der Waals surface area contributed by atoms with Crippen LogP contribution < -0.4 is 21.1 Å². The molecule has 0 aliphatic heterocycles. The summed E-state index contributed by atoms with van der Waals surface area (Å²) in [5.74, 6) is 0.182. The van der Waals surface area contributed by atoms with E-state index in [1.54, 1.807) is 6.92 Å². The summed E-state index contributed by atoms with van der Waals surface area (Å²) in [5.41, 5.74) is 11.5. The second kappa shape index (κ2) is 13.8. The minimum Gasteiger partial charge on any atom is -0.489 e. The predicted molar refractivity (Wildman–Crippen MR) is 149 cm³/mol. The standard InChI is InChI=1S/C30H36ClN3O3/c1-20-16-26(37-19-24-11-13-25(31)14-12-24)17-21(2)27(20)18-28(32)30(36)34-22(3)29(35)33-15-7-10-23-8-5-4-6-9-23/h4-6,8-9,11-14,16-17,22,28H,7,10,15,18-19,32H2,1-3H3,(H,33,35)(H,34,36)/t22-,28+/m1/s1. The summed E-state index contributed by atoms with van der Waals surface area (Å²) in [6.07, 6.45) is 2.08. The maximum atomic E-state index is 12.7. The van der Waals surface area contributed by atoms with Crippen LogP contribution in [0.15, 0.2) is 66.7 Å². The maximum Gasteiger partial charge on any atom is 0.242 e. The van der Waals surface area contributed by atoms with Gasteiger partial charge in [0, 0.05) is 11.6 Å². The van der Waals surface area contributed by atoms with Crippen LogP contribution in [0.5, 0.6) is 5.75 Å². The third-order valence-corrected chi connectivity index (χ3v) is 6.54. The highest BCUT2D eigenvalue weighted by molar-refractivity contribution is 6.30. The summed E-state index contributed by atoms with van der Waals surface area (Å²) in [7, 11) is 0. The van der Waals surface area contributed by atoms with E-state index in [1.165, 1.54) is 5.56 Å². The largest absolute Gasteiger partial charge is 0.489 e. The molecule has 0 heterocycles. The second-order valence-electron chi connectivity index (χ2n) is 9.37. The van der Waals surface area contributed by atoms with Gasteiger partial charge in [-0.1, -0.05) is 54.1 Å². The zero-order valence-corrected chi connectivity index (χ0v) is 22.5. The average molecular weight is 522 g/mol.